The second-order valence-corrected chi connectivity index (χ2v) is 5.55. The van der Waals surface area contributed by atoms with Crippen LogP contribution in [0.4, 0.5) is 14.7 Å². The largest absolute Gasteiger partial charge is 0.386 e. The Bertz CT molecular complexity index is 845. The molecule has 0 unspecified atom stereocenters. The van der Waals surface area contributed by atoms with Gasteiger partial charge in [-0.3, -0.25) is 0 Å². The van der Waals surface area contributed by atoms with Crippen molar-refractivity contribution in [2.75, 3.05) is 5.73 Å². The van der Waals surface area contributed by atoms with E-state index < -0.39 is 17.2 Å². The van der Waals surface area contributed by atoms with E-state index in [4.69, 9.17) is 5.73 Å². The molecule has 0 fully saturated rings. The zero-order chi connectivity index (χ0) is 16.1. The summed E-state index contributed by atoms with van der Waals surface area (Å²) in [6, 6.07) is 5.30. The molecule has 0 aliphatic heterocycles. The average molecular weight is 304 g/mol. The highest BCUT2D eigenvalue weighted by Gasteiger charge is 2.22. The molecule has 2 aromatic heterocycles. The summed E-state index contributed by atoms with van der Waals surface area (Å²) in [4.78, 5) is 3.88. The summed E-state index contributed by atoms with van der Waals surface area (Å²) in [7, 11) is 0. The van der Waals surface area contributed by atoms with E-state index in [1.54, 1.807) is 6.07 Å². The molecule has 22 heavy (non-hydrogen) atoms. The molecule has 7 heteroatoms. The third kappa shape index (κ3) is 2.29. The zero-order valence-corrected chi connectivity index (χ0v) is 12.0. The summed E-state index contributed by atoms with van der Waals surface area (Å²) in [5.74, 6) is -1.48. The van der Waals surface area contributed by atoms with E-state index >= 15 is 0 Å². The Hall–Kier alpha value is -2.54. The number of hydrogen-bond acceptors (Lipinski definition) is 4. The zero-order valence-electron chi connectivity index (χ0n) is 12.0. The molecule has 3 rings (SSSR count). The Morgan fingerprint density at radius 3 is 2.41 bits per heavy atom. The second kappa shape index (κ2) is 4.74. The van der Waals surface area contributed by atoms with Crippen molar-refractivity contribution in [3.8, 4) is 11.3 Å². The van der Waals surface area contributed by atoms with E-state index in [1.807, 2.05) is 0 Å². The molecule has 3 aromatic rings. The predicted octanol–water partition coefficient (Wildman–Crippen LogP) is 2.48. The van der Waals surface area contributed by atoms with Gasteiger partial charge in [0.05, 0.1) is 28.6 Å². The van der Waals surface area contributed by atoms with Crippen LogP contribution in [0.25, 0.3) is 16.8 Å². The van der Waals surface area contributed by atoms with Crippen LogP contribution in [-0.4, -0.2) is 19.7 Å². The van der Waals surface area contributed by atoms with Crippen LogP contribution in [-0.2, 0) is 5.60 Å². The van der Waals surface area contributed by atoms with Gasteiger partial charge in [0.25, 0.3) is 0 Å². The van der Waals surface area contributed by atoms with Gasteiger partial charge in [-0.05, 0) is 43.7 Å². The Kier molecular flexibility index (Phi) is 3.10. The van der Waals surface area contributed by atoms with Crippen molar-refractivity contribution in [1.29, 1.82) is 0 Å². The van der Waals surface area contributed by atoms with Crippen LogP contribution in [0.5, 0.6) is 0 Å². The molecular formula is C15H14F2N4O. The lowest BCUT2D eigenvalue weighted by Gasteiger charge is -2.19. The van der Waals surface area contributed by atoms with Crippen LogP contribution in [0.15, 0.2) is 30.5 Å². The Morgan fingerprint density at radius 1 is 1.18 bits per heavy atom. The van der Waals surface area contributed by atoms with Gasteiger partial charge in [0.2, 0.25) is 5.95 Å². The van der Waals surface area contributed by atoms with Crippen molar-refractivity contribution >= 4 is 11.5 Å². The number of benzene rings is 1. The summed E-state index contributed by atoms with van der Waals surface area (Å²) in [5, 5.41) is 14.0. The third-order valence-corrected chi connectivity index (χ3v) is 3.42. The maximum atomic E-state index is 14.3. The number of nitrogen functional groups attached to an aromatic ring is 1. The van der Waals surface area contributed by atoms with Crippen molar-refractivity contribution in [2.24, 2.45) is 0 Å². The number of aliphatic hydroxyl groups is 1. The Morgan fingerprint density at radius 2 is 1.82 bits per heavy atom. The smallest absolute Gasteiger partial charge is 0.221 e. The van der Waals surface area contributed by atoms with E-state index in [1.165, 1.54) is 30.6 Å². The maximum Gasteiger partial charge on any atom is 0.221 e. The minimum Gasteiger partial charge on any atom is -0.386 e. The van der Waals surface area contributed by atoms with Gasteiger partial charge in [0, 0.05) is 0 Å². The third-order valence-electron chi connectivity index (χ3n) is 3.42. The van der Waals surface area contributed by atoms with Gasteiger partial charge in [-0.15, -0.1) is 0 Å². The minimum absolute atomic E-state index is 0.0921. The number of anilines is 1. The van der Waals surface area contributed by atoms with Gasteiger partial charge in [-0.2, -0.15) is 9.61 Å². The summed E-state index contributed by atoms with van der Waals surface area (Å²) >= 11 is 0. The number of hydrogen-bond donors (Lipinski definition) is 2. The molecule has 0 aliphatic rings. The summed E-state index contributed by atoms with van der Waals surface area (Å²) < 4.78 is 29.9. The second-order valence-electron chi connectivity index (χ2n) is 5.55. The molecule has 0 aliphatic carbocycles. The molecule has 0 atom stereocenters. The topological polar surface area (TPSA) is 76.4 Å². The molecule has 0 amide bonds. The van der Waals surface area contributed by atoms with Crippen molar-refractivity contribution in [3.05, 3.63) is 47.7 Å². The molecule has 5 nitrogen and oxygen atoms in total. The summed E-state index contributed by atoms with van der Waals surface area (Å²) in [6.45, 7) is 2.91. The maximum absolute atomic E-state index is 14.3. The highest BCUT2D eigenvalue weighted by Crippen LogP contribution is 2.30. The van der Waals surface area contributed by atoms with Crippen molar-refractivity contribution < 1.29 is 13.9 Å². The molecule has 0 saturated carbocycles. The van der Waals surface area contributed by atoms with Crippen molar-refractivity contribution in [2.45, 2.75) is 19.4 Å². The van der Waals surface area contributed by atoms with E-state index in [0.717, 1.165) is 12.1 Å². The number of aromatic nitrogens is 3. The SMILES string of the molecule is CC(C)(O)c1cc(F)c(-c2ccc3cnc(N)n3n2)c(F)c1. The van der Waals surface area contributed by atoms with E-state index in [2.05, 4.69) is 10.1 Å². The number of nitrogens with two attached hydrogens (primary N) is 1. The molecule has 0 spiro atoms. The minimum atomic E-state index is -1.34. The Balaban J connectivity index is 2.20. The van der Waals surface area contributed by atoms with Gasteiger partial charge < -0.3 is 10.8 Å². The average Bonchev–Trinajstić information content (AvgIpc) is 2.78. The molecule has 1 aromatic carbocycles. The van der Waals surface area contributed by atoms with Crippen LogP contribution in [0.1, 0.15) is 19.4 Å². The van der Waals surface area contributed by atoms with Crippen LogP contribution in [0.2, 0.25) is 0 Å². The standard InChI is InChI=1S/C15H14F2N4O/c1-15(2,22)8-5-10(16)13(11(17)6-8)12-4-3-9-7-19-14(18)21(9)20-12/h3-7,22H,1-2H3,(H2,18,19). The van der Waals surface area contributed by atoms with Gasteiger partial charge in [0.15, 0.2) is 0 Å². The lowest BCUT2D eigenvalue weighted by Crippen LogP contribution is -2.16. The molecule has 2 heterocycles. The summed E-state index contributed by atoms with van der Waals surface area (Å²) in [5.41, 5.74) is 4.89. The van der Waals surface area contributed by atoms with Crippen molar-refractivity contribution in [3.63, 3.8) is 0 Å². The normalized spacial score (nSPS) is 12.0. The molecule has 3 N–H and O–H groups in total. The van der Waals surface area contributed by atoms with E-state index in [-0.39, 0.29) is 22.8 Å². The highest BCUT2D eigenvalue weighted by molar-refractivity contribution is 5.64. The monoisotopic (exact) mass is 304 g/mol. The number of rotatable bonds is 2. The number of nitrogens with zero attached hydrogens (tertiary/aromatic N) is 3. The molecule has 0 bridgehead atoms. The van der Waals surface area contributed by atoms with Gasteiger partial charge in [0.1, 0.15) is 11.6 Å². The van der Waals surface area contributed by atoms with Gasteiger partial charge in [-0.1, -0.05) is 0 Å². The number of imidazole rings is 1. The van der Waals surface area contributed by atoms with Gasteiger partial charge >= 0.3 is 0 Å². The molecular weight excluding hydrogens is 290 g/mol. The molecule has 114 valence electrons. The van der Waals surface area contributed by atoms with Crippen LogP contribution in [0, 0.1) is 11.6 Å². The Labute approximate surface area is 125 Å². The fraction of sp³-hybridized carbons (Fsp3) is 0.200. The van der Waals surface area contributed by atoms with Crippen molar-refractivity contribution in [1.82, 2.24) is 14.6 Å². The molecule has 0 saturated heterocycles. The van der Waals surface area contributed by atoms with Gasteiger partial charge in [-0.25, -0.2) is 13.8 Å². The van der Waals surface area contributed by atoms with E-state index in [9.17, 15) is 13.9 Å². The lowest BCUT2D eigenvalue weighted by molar-refractivity contribution is 0.0779. The van der Waals surface area contributed by atoms with Crippen LogP contribution < -0.4 is 5.73 Å². The first-order valence-electron chi connectivity index (χ1n) is 6.60. The fourth-order valence-electron chi connectivity index (χ4n) is 2.21. The first kappa shape index (κ1) is 14.4. The van der Waals surface area contributed by atoms with Crippen LogP contribution in [0.3, 0.4) is 0 Å². The first-order valence-corrected chi connectivity index (χ1v) is 6.60. The quantitative estimate of drug-likeness (QED) is 0.762. The first-order chi connectivity index (χ1) is 10.3. The predicted molar refractivity (Wildman–Crippen MR) is 78.0 cm³/mol. The lowest BCUT2D eigenvalue weighted by atomic mass is 9.96. The van der Waals surface area contributed by atoms with E-state index in [0.29, 0.717) is 5.52 Å². The highest BCUT2D eigenvalue weighted by atomic mass is 19.1. The number of fused-ring (bicyclic) bond motifs is 1. The number of halogens is 2. The van der Waals surface area contributed by atoms with Crippen LogP contribution >= 0.6 is 0 Å². The molecule has 0 radical (unpaired) electrons. The summed E-state index contributed by atoms with van der Waals surface area (Å²) in [6.07, 6.45) is 1.51. The fourth-order valence-corrected chi connectivity index (χ4v) is 2.21.